The van der Waals surface area contributed by atoms with Crippen molar-refractivity contribution in [2.24, 2.45) is 0 Å². The summed E-state index contributed by atoms with van der Waals surface area (Å²) >= 11 is 1.35. The summed E-state index contributed by atoms with van der Waals surface area (Å²) in [5.41, 5.74) is 1.61. The highest BCUT2D eigenvalue weighted by atomic mass is 32.1. The normalized spacial score (nSPS) is 10.4. The van der Waals surface area contributed by atoms with E-state index in [1.54, 1.807) is 13.0 Å². The molecule has 0 aliphatic carbocycles. The Balaban J connectivity index is 2.59. The van der Waals surface area contributed by atoms with E-state index >= 15 is 0 Å². The summed E-state index contributed by atoms with van der Waals surface area (Å²) in [7, 11) is 0. The van der Waals surface area contributed by atoms with Crippen LogP contribution in [0.15, 0.2) is 18.2 Å². The predicted molar refractivity (Wildman–Crippen MR) is 61.8 cm³/mol. The maximum absolute atomic E-state index is 11.0. The maximum atomic E-state index is 11.0. The number of rotatable bonds is 2. The maximum Gasteiger partial charge on any atom is 0.356 e. The average Bonchev–Trinajstić information content (AvgIpc) is 2.60. The lowest BCUT2D eigenvalue weighted by atomic mass is 10.2. The molecule has 0 saturated carbocycles. The van der Waals surface area contributed by atoms with Gasteiger partial charge in [-0.2, -0.15) is 0 Å². The van der Waals surface area contributed by atoms with Gasteiger partial charge in [-0.15, -0.1) is 11.3 Å². The zero-order valence-corrected chi connectivity index (χ0v) is 9.71. The highest BCUT2D eigenvalue weighted by Crippen LogP contribution is 2.28. The van der Waals surface area contributed by atoms with Crippen molar-refractivity contribution >= 4 is 17.3 Å². The van der Waals surface area contributed by atoms with Gasteiger partial charge < -0.3 is 5.11 Å². The van der Waals surface area contributed by atoms with E-state index in [4.69, 9.17) is 5.11 Å². The third kappa shape index (κ3) is 1.94. The van der Waals surface area contributed by atoms with Gasteiger partial charge in [0.05, 0.1) is 15.6 Å². The topological polar surface area (TPSA) is 63.1 Å². The Labute approximate surface area is 96.6 Å². The summed E-state index contributed by atoms with van der Waals surface area (Å²) < 4.78 is 0. The van der Waals surface area contributed by atoms with E-state index in [0.717, 1.165) is 10.7 Å². The number of carbonyl (C=O) groups is 1. The van der Waals surface area contributed by atoms with Gasteiger partial charge in [-0.1, -0.05) is 6.07 Å². The highest BCUT2D eigenvalue weighted by molar-refractivity contribution is 7.15. The Kier molecular flexibility index (Phi) is 2.70. The van der Waals surface area contributed by atoms with Crippen molar-refractivity contribution in [2.75, 3.05) is 0 Å². The first-order chi connectivity index (χ1) is 7.58. The molecule has 0 aliphatic heterocycles. The van der Waals surface area contributed by atoms with Gasteiger partial charge in [0.2, 0.25) is 0 Å². The summed E-state index contributed by atoms with van der Waals surface area (Å²) in [6.07, 6.45) is 0. The zero-order chi connectivity index (χ0) is 11.7. The van der Waals surface area contributed by atoms with E-state index in [1.165, 1.54) is 11.3 Å². The molecule has 0 radical (unpaired) electrons. The van der Waals surface area contributed by atoms with Gasteiger partial charge in [-0.05, 0) is 26.0 Å². The second-order valence-electron chi connectivity index (χ2n) is 3.38. The lowest BCUT2D eigenvalue weighted by Crippen LogP contribution is -1.99. The molecule has 5 heteroatoms. The van der Waals surface area contributed by atoms with E-state index in [0.29, 0.717) is 10.6 Å². The van der Waals surface area contributed by atoms with Crippen molar-refractivity contribution in [3.8, 4) is 10.6 Å². The minimum atomic E-state index is -1.01. The molecule has 2 aromatic heterocycles. The standard InChI is InChI=1S/C11H10N2O2S/c1-6-4-3-5-8(12-6)10-9(11(14)15)13-7(2)16-10/h3-5H,1-2H3,(H,14,15). The average molecular weight is 234 g/mol. The Morgan fingerprint density at radius 3 is 2.69 bits per heavy atom. The van der Waals surface area contributed by atoms with Crippen LogP contribution in [-0.4, -0.2) is 21.0 Å². The van der Waals surface area contributed by atoms with E-state index in [1.807, 2.05) is 19.1 Å². The highest BCUT2D eigenvalue weighted by Gasteiger charge is 2.18. The number of pyridine rings is 1. The van der Waals surface area contributed by atoms with Gasteiger partial charge >= 0.3 is 5.97 Å². The first-order valence-electron chi connectivity index (χ1n) is 4.72. The van der Waals surface area contributed by atoms with Crippen molar-refractivity contribution in [2.45, 2.75) is 13.8 Å². The monoisotopic (exact) mass is 234 g/mol. The molecule has 0 spiro atoms. The SMILES string of the molecule is Cc1cccc(-c2sc(C)nc2C(=O)O)n1. The molecule has 4 nitrogen and oxygen atoms in total. The first kappa shape index (κ1) is 10.8. The summed E-state index contributed by atoms with van der Waals surface area (Å²) in [4.78, 5) is 19.9. The quantitative estimate of drug-likeness (QED) is 0.867. The summed E-state index contributed by atoms with van der Waals surface area (Å²) in [5, 5.41) is 9.76. The molecule has 0 aliphatic rings. The minimum Gasteiger partial charge on any atom is -0.476 e. The van der Waals surface area contributed by atoms with Gasteiger partial charge in [0.25, 0.3) is 0 Å². The van der Waals surface area contributed by atoms with Crippen LogP contribution >= 0.6 is 11.3 Å². The van der Waals surface area contributed by atoms with Gasteiger partial charge in [0.15, 0.2) is 5.69 Å². The molecule has 2 aromatic rings. The largest absolute Gasteiger partial charge is 0.476 e. The fourth-order valence-corrected chi connectivity index (χ4v) is 2.30. The molecule has 82 valence electrons. The second-order valence-corrected chi connectivity index (χ2v) is 4.58. The van der Waals surface area contributed by atoms with Crippen molar-refractivity contribution in [3.05, 3.63) is 34.6 Å². The number of aromatic nitrogens is 2. The first-order valence-corrected chi connectivity index (χ1v) is 5.54. The zero-order valence-electron chi connectivity index (χ0n) is 8.89. The molecular weight excluding hydrogens is 224 g/mol. The fraction of sp³-hybridized carbons (Fsp3) is 0.182. The number of carboxylic acid groups (broad SMARTS) is 1. The van der Waals surface area contributed by atoms with Crippen molar-refractivity contribution in [3.63, 3.8) is 0 Å². The second kappa shape index (κ2) is 4.02. The van der Waals surface area contributed by atoms with E-state index in [-0.39, 0.29) is 5.69 Å². The van der Waals surface area contributed by atoms with Crippen LogP contribution in [0.25, 0.3) is 10.6 Å². The lowest BCUT2D eigenvalue weighted by molar-refractivity contribution is 0.0692. The van der Waals surface area contributed by atoms with E-state index in [2.05, 4.69) is 9.97 Å². The van der Waals surface area contributed by atoms with Crippen LogP contribution in [0.3, 0.4) is 0 Å². The number of aromatic carboxylic acids is 1. The Morgan fingerprint density at radius 1 is 1.31 bits per heavy atom. The molecular formula is C11H10N2O2S. The van der Waals surface area contributed by atoms with Crippen molar-refractivity contribution < 1.29 is 9.90 Å². The van der Waals surface area contributed by atoms with E-state index < -0.39 is 5.97 Å². The van der Waals surface area contributed by atoms with Crippen LogP contribution in [-0.2, 0) is 0 Å². The molecule has 0 amide bonds. The van der Waals surface area contributed by atoms with Crippen LogP contribution in [0, 0.1) is 13.8 Å². The van der Waals surface area contributed by atoms with Crippen LogP contribution < -0.4 is 0 Å². The molecule has 0 atom stereocenters. The third-order valence-corrected chi connectivity index (χ3v) is 3.05. The predicted octanol–water partition coefficient (Wildman–Crippen LogP) is 2.52. The summed E-state index contributed by atoms with van der Waals surface area (Å²) in [5.74, 6) is -1.01. The minimum absolute atomic E-state index is 0.0839. The van der Waals surface area contributed by atoms with E-state index in [9.17, 15) is 4.79 Å². The molecule has 0 fully saturated rings. The Hall–Kier alpha value is -1.75. The fourth-order valence-electron chi connectivity index (χ4n) is 1.42. The Bertz CT molecular complexity index is 549. The summed E-state index contributed by atoms with van der Waals surface area (Å²) in [6.45, 7) is 3.66. The molecule has 0 unspecified atom stereocenters. The number of carboxylic acids is 1. The van der Waals surface area contributed by atoms with Crippen molar-refractivity contribution in [1.82, 2.24) is 9.97 Å². The lowest BCUT2D eigenvalue weighted by Gasteiger charge is -1.99. The van der Waals surface area contributed by atoms with Crippen LogP contribution in [0.1, 0.15) is 21.2 Å². The number of hydrogen-bond acceptors (Lipinski definition) is 4. The number of aryl methyl sites for hydroxylation is 2. The van der Waals surface area contributed by atoms with Crippen LogP contribution in [0.5, 0.6) is 0 Å². The molecule has 2 rings (SSSR count). The molecule has 16 heavy (non-hydrogen) atoms. The molecule has 2 heterocycles. The van der Waals surface area contributed by atoms with Gasteiger partial charge in [-0.3, -0.25) is 4.98 Å². The Morgan fingerprint density at radius 2 is 2.06 bits per heavy atom. The number of thiazole rings is 1. The van der Waals surface area contributed by atoms with Gasteiger partial charge in [-0.25, -0.2) is 9.78 Å². The van der Waals surface area contributed by atoms with Gasteiger partial charge in [0, 0.05) is 5.69 Å². The number of nitrogens with zero attached hydrogens (tertiary/aromatic N) is 2. The number of hydrogen-bond donors (Lipinski definition) is 1. The molecule has 0 saturated heterocycles. The van der Waals surface area contributed by atoms with Gasteiger partial charge in [0.1, 0.15) is 0 Å². The molecule has 0 aromatic carbocycles. The molecule has 1 N–H and O–H groups in total. The van der Waals surface area contributed by atoms with Crippen molar-refractivity contribution in [1.29, 1.82) is 0 Å². The smallest absolute Gasteiger partial charge is 0.356 e. The molecule has 0 bridgehead atoms. The third-order valence-electron chi connectivity index (χ3n) is 2.06. The van der Waals surface area contributed by atoms with Crippen LogP contribution in [0.4, 0.5) is 0 Å². The summed E-state index contributed by atoms with van der Waals surface area (Å²) in [6, 6.07) is 5.53. The van der Waals surface area contributed by atoms with Crippen LogP contribution in [0.2, 0.25) is 0 Å².